The molecular formula is C10H16FNO. The van der Waals surface area contributed by atoms with Crippen molar-refractivity contribution in [3.05, 3.63) is 24.2 Å². The molecule has 1 atom stereocenters. The quantitative estimate of drug-likeness (QED) is 0.764. The number of rotatable bonds is 5. The number of hydrogen-bond donors (Lipinski definition) is 1. The summed E-state index contributed by atoms with van der Waals surface area (Å²) in [5.41, 5.74) is 4.09. The van der Waals surface area contributed by atoms with Crippen molar-refractivity contribution >= 4 is 0 Å². The zero-order chi connectivity index (χ0) is 9.73. The summed E-state index contributed by atoms with van der Waals surface area (Å²) in [5, 5.41) is 0. The fourth-order valence-electron chi connectivity index (χ4n) is 1.44. The highest BCUT2D eigenvalue weighted by Gasteiger charge is 2.28. The molecule has 0 aliphatic carbocycles. The number of hydrogen-bond acceptors (Lipinski definition) is 2. The summed E-state index contributed by atoms with van der Waals surface area (Å²) in [5.74, 6) is 0.668. The Morgan fingerprint density at radius 3 is 2.85 bits per heavy atom. The number of furan rings is 1. The summed E-state index contributed by atoms with van der Waals surface area (Å²) in [4.78, 5) is 0. The summed E-state index contributed by atoms with van der Waals surface area (Å²) in [7, 11) is 0. The fraction of sp³-hybridized carbons (Fsp3) is 0.600. The topological polar surface area (TPSA) is 39.2 Å². The van der Waals surface area contributed by atoms with Crippen LogP contribution in [0.4, 0.5) is 4.39 Å². The van der Waals surface area contributed by atoms with Crippen LogP contribution in [0.25, 0.3) is 0 Å². The van der Waals surface area contributed by atoms with Crippen molar-refractivity contribution in [2.75, 3.05) is 6.54 Å². The largest absolute Gasteiger partial charge is 0.469 e. The van der Waals surface area contributed by atoms with E-state index in [0.717, 1.165) is 6.42 Å². The van der Waals surface area contributed by atoms with E-state index in [1.54, 1.807) is 18.4 Å². The van der Waals surface area contributed by atoms with E-state index in [4.69, 9.17) is 10.2 Å². The minimum atomic E-state index is -1.30. The zero-order valence-corrected chi connectivity index (χ0v) is 7.92. The van der Waals surface area contributed by atoms with E-state index in [1.807, 2.05) is 6.92 Å². The van der Waals surface area contributed by atoms with Gasteiger partial charge in [0.2, 0.25) is 0 Å². The lowest BCUT2D eigenvalue weighted by molar-refractivity contribution is 0.149. The molecule has 0 aromatic carbocycles. The maximum absolute atomic E-state index is 13.9. The second-order valence-electron chi connectivity index (χ2n) is 3.36. The lowest BCUT2D eigenvalue weighted by atomic mass is 9.95. The average molecular weight is 185 g/mol. The Bertz CT molecular complexity index is 235. The van der Waals surface area contributed by atoms with Crippen LogP contribution in [-0.2, 0) is 6.42 Å². The van der Waals surface area contributed by atoms with Gasteiger partial charge in [-0.2, -0.15) is 0 Å². The molecule has 1 unspecified atom stereocenters. The lowest BCUT2D eigenvalue weighted by Gasteiger charge is -2.21. The summed E-state index contributed by atoms with van der Waals surface area (Å²) >= 11 is 0. The second kappa shape index (κ2) is 4.42. The molecule has 74 valence electrons. The van der Waals surface area contributed by atoms with Crippen molar-refractivity contribution < 1.29 is 8.81 Å². The Balaban J connectivity index is 2.58. The summed E-state index contributed by atoms with van der Waals surface area (Å²) in [6.45, 7) is 2.01. The van der Waals surface area contributed by atoms with Crippen LogP contribution in [0.2, 0.25) is 0 Å². The first-order valence-electron chi connectivity index (χ1n) is 4.61. The van der Waals surface area contributed by atoms with E-state index >= 15 is 0 Å². The van der Waals surface area contributed by atoms with Crippen LogP contribution in [0.15, 0.2) is 22.8 Å². The molecule has 1 heterocycles. The van der Waals surface area contributed by atoms with Crippen LogP contribution in [0.1, 0.15) is 25.5 Å². The molecule has 1 aromatic rings. The van der Waals surface area contributed by atoms with Gasteiger partial charge in [0.05, 0.1) is 6.26 Å². The molecule has 1 rings (SSSR count). The van der Waals surface area contributed by atoms with Gasteiger partial charge in [0.15, 0.2) is 0 Å². The molecule has 0 bridgehead atoms. The lowest BCUT2D eigenvalue weighted by Crippen LogP contribution is -2.35. The van der Waals surface area contributed by atoms with Gasteiger partial charge < -0.3 is 10.2 Å². The van der Waals surface area contributed by atoms with Crippen molar-refractivity contribution in [1.82, 2.24) is 0 Å². The molecule has 1 aromatic heterocycles. The van der Waals surface area contributed by atoms with Gasteiger partial charge in [0, 0.05) is 13.0 Å². The van der Waals surface area contributed by atoms with Crippen molar-refractivity contribution in [2.45, 2.75) is 31.9 Å². The van der Waals surface area contributed by atoms with Gasteiger partial charge in [0.25, 0.3) is 0 Å². The smallest absolute Gasteiger partial charge is 0.130 e. The summed E-state index contributed by atoms with van der Waals surface area (Å²) in [6, 6.07) is 3.54. The maximum atomic E-state index is 13.9. The highest BCUT2D eigenvalue weighted by atomic mass is 19.1. The molecule has 0 fully saturated rings. The van der Waals surface area contributed by atoms with Crippen LogP contribution in [-0.4, -0.2) is 12.2 Å². The third-order valence-corrected chi connectivity index (χ3v) is 2.14. The Morgan fingerprint density at radius 2 is 2.38 bits per heavy atom. The third-order valence-electron chi connectivity index (χ3n) is 2.14. The molecule has 0 aliphatic heterocycles. The van der Waals surface area contributed by atoms with Gasteiger partial charge in [-0.3, -0.25) is 0 Å². The van der Waals surface area contributed by atoms with Crippen molar-refractivity contribution in [3.63, 3.8) is 0 Å². The molecule has 3 heteroatoms. The average Bonchev–Trinajstić information content (AvgIpc) is 2.57. The van der Waals surface area contributed by atoms with Crippen molar-refractivity contribution in [1.29, 1.82) is 0 Å². The number of halogens is 1. The van der Waals surface area contributed by atoms with E-state index in [1.165, 1.54) is 0 Å². The standard InChI is InChI=1S/C10H16FNO/c1-2-5-10(11,8-12)7-9-4-3-6-13-9/h3-4,6H,2,5,7-8,12H2,1H3. The first-order valence-corrected chi connectivity index (χ1v) is 4.61. The Labute approximate surface area is 77.9 Å². The first-order chi connectivity index (χ1) is 6.20. The van der Waals surface area contributed by atoms with Gasteiger partial charge in [-0.25, -0.2) is 4.39 Å². The summed E-state index contributed by atoms with van der Waals surface area (Å²) < 4.78 is 19.0. The number of alkyl halides is 1. The zero-order valence-electron chi connectivity index (χ0n) is 7.92. The molecular weight excluding hydrogens is 169 g/mol. The van der Waals surface area contributed by atoms with Crippen LogP contribution in [0, 0.1) is 0 Å². The van der Waals surface area contributed by atoms with Gasteiger partial charge in [-0.1, -0.05) is 13.3 Å². The van der Waals surface area contributed by atoms with Crippen LogP contribution in [0.3, 0.4) is 0 Å². The molecule has 2 N–H and O–H groups in total. The van der Waals surface area contributed by atoms with Gasteiger partial charge >= 0.3 is 0 Å². The van der Waals surface area contributed by atoms with Crippen molar-refractivity contribution in [2.24, 2.45) is 5.73 Å². The molecule has 0 saturated carbocycles. The Kier molecular flexibility index (Phi) is 3.48. The molecule has 0 radical (unpaired) electrons. The Hall–Kier alpha value is -0.830. The van der Waals surface area contributed by atoms with Gasteiger partial charge in [-0.15, -0.1) is 0 Å². The molecule has 0 amide bonds. The number of nitrogens with two attached hydrogens (primary N) is 1. The van der Waals surface area contributed by atoms with Crippen LogP contribution >= 0.6 is 0 Å². The predicted molar refractivity (Wildman–Crippen MR) is 50.2 cm³/mol. The van der Waals surface area contributed by atoms with Gasteiger partial charge in [-0.05, 0) is 18.6 Å². The normalized spacial score (nSPS) is 15.6. The van der Waals surface area contributed by atoms with E-state index in [0.29, 0.717) is 12.2 Å². The minimum Gasteiger partial charge on any atom is -0.469 e. The minimum absolute atomic E-state index is 0.0571. The molecule has 0 aliphatic rings. The predicted octanol–water partition coefficient (Wildman–Crippen LogP) is 2.29. The van der Waals surface area contributed by atoms with Gasteiger partial charge in [0.1, 0.15) is 11.4 Å². The second-order valence-corrected chi connectivity index (χ2v) is 3.36. The molecule has 13 heavy (non-hydrogen) atoms. The van der Waals surface area contributed by atoms with E-state index in [9.17, 15) is 4.39 Å². The summed E-state index contributed by atoms with van der Waals surface area (Å²) in [6.07, 6.45) is 3.13. The first kappa shape index (κ1) is 10.3. The molecule has 0 spiro atoms. The molecule has 0 saturated heterocycles. The monoisotopic (exact) mass is 185 g/mol. The van der Waals surface area contributed by atoms with E-state index in [-0.39, 0.29) is 13.0 Å². The third kappa shape index (κ3) is 2.84. The fourth-order valence-corrected chi connectivity index (χ4v) is 1.44. The SMILES string of the molecule is CCCC(F)(CN)Cc1ccco1. The maximum Gasteiger partial charge on any atom is 0.130 e. The van der Waals surface area contributed by atoms with E-state index in [2.05, 4.69) is 0 Å². The highest BCUT2D eigenvalue weighted by molar-refractivity contribution is 5.03. The highest BCUT2D eigenvalue weighted by Crippen LogP contribution is 2.22. The van der Waals surface area contributed by atoms with Crippen LogP contribution in [0.5, 0.6) is 0 Å². The van der Waals surface area contributed by atoms with Crippen molar-refractivity contribution in [3.8, 4) is 0 Å². The molecule has 2 nitrogen and oxygen atoms in total. The Morgan fingerprint density at radius 1 is 1.62 bits per heavy atom. The van der Waals surface area contributed by atoms with Crippen LogP contribution < -0.4 is 5.73 Å². The van der Waals surface area contributed by atoms with E-state index < -0.39 is 5.67 Å².